The number of nitrogens with two attached hydrogens (primary N) is 1. The van der Waals surface area contributed by atoms with Crippen LogP contribution in [-0.2, 0) is 54.3 Å². The number of rotatable bonds is 15. The fraction of sp³-hybridized carbons (Fsp3) is 0.389. The van der Waals surface area contributed by atoms with Crippen LogP contribution in [0.25, 0.3) is 18.2 Å². The zero-order valence-electron chi connectivity index (χ0n) is 42.8. The number of allylic oxidation sites excluding steroid dienone is 1. The molecule has 0 radical (unpaired) electrons. The van der Waals surface area contributed by atoms with Crippen LogP contribution in [0.1, 0.15) is 82.6 Å². The van der Waals surface area contributed by atoms with E-state index in [0.29, 0.717) is 11.1 Å². The van der Waals surface area contributed by atoms with Crippen molar-refractivity contribution in [1.82, 2.24) is 36.8 Å². The van der Waals surface area contributed by atoms with Gasteiger partial charge in [-0.2, -0.15) is 0 Å². The topological polar surface area (TPSA) is 325 Å². The van der Waals surface area contributed by atoms with Crippen molar-refractivity contribution < 1.29 is 63.2 Å². The summed E-state index contributed by atoms with van der Waals surface area (Å²) in [5.74, 6) is -10.1. The molecule has 75 heavy (non-hydrogen) atoms. The number of hydrogen-bond acceptors (Lipinski definition) is 13. The molecule has 8 amide bonds. The van der Waals surface area contributed by atoms with Crippen molar-refractivity contribution in [2.75, 3.05) is 13.7 Å². The maximum Gasteiger partial charge on any atom is 0.331 e. The van der Waals surface area contributed by atoms with Gasteiger partial charge in [-0.15, -0.1) is 0 Å². The second-order valence-electron chi connectivity index (χ2n) is 18.4. The molecule has 0 bridgehead atoms. The number of benzene rings is 3. The Morgan fingerprint density at radius 3 is 1.96 bits per heavy atom. The molecular weight excluding hydrogens is 969 g/mol. The fourth-order valence-electron chi connectivity index (χ4n) is 7.69. The number of unbranched alkanes of at least 4 members (excludes halogenated alkanes) is 1. The number of phenols is 1. The molecule has 0 aromatic heterocycles. The molecule has 1 aliphatic rings. The highest BCUT2D eigenvalue weighted by Gasteiger charge is 2.39. The second-order valence-corrected chi connectivity index (χ2v) is 18.4. The number of primary amides is 1. The number of nitrogens with zero attached hydrogens (tertiary/aromatic N) is 1. The molecule has 3 aromatic rings. The minimum Gasteiger partial charge on any atom is -0.508 e. The van der Waals surface area contributed by atoms with Crippen LogP contribution >= 0.6 is 0 Å². The third kappa shape index (κ3) is 18.4. The van der Waals surface area contributed by atoms with Crippen molar-refractivity contribution >= 4 is 71.5 Å². The van der Waals surface area contributed by atoms with Crippen molar-refractivity contribution in [1.29, 1.82) is 0 Å². The summed E-state index contributed by atoms with van der Waals surface area (Å²) in [6, 6.07) is 10.8. The van der Waals surface area contributed by atoms with E-state index in [-0.39, 0.29) is 30.1 Å². The first kappa shape index (κ1) is 59.4. The molecule has 11 N–H and O–H groups in total. The van der Waals surface area contributed by atoms with Crippen LogP contribution in [0.3, 0.4) is 0 Å². The molecule has 0 saturated carbocycles. The average Bonchev–Trinajstić information content (AvgIpc) is 3.36. The van der Waals surface area contributed by atoms with E-state index in [0.717, 1.165) is 36.3 Å². The van der Waals surface area contributed by atoms with Gasteiger partial charge >= 0.3 is 5.97 Å². The lowest BCUT2D eigenvalue weighted by Gasteiger charge is -2.31. The van der Waals surface area contributed by atoms with Gasteiger partial charge in [-0.3, -0.25) is 38.4 Å². The summed E-state index contributed by atoms with van der Waals surface area (Å²) in [6.45, 7) is 6.80. The lowest BCUT2D eigenvalue weighted by atomic mass is 10.00. The zero-order chi connectivity index (χ0) is 55.4. The Labute approximate surface area is 435 Å². The molecule has 21 heteroatoms. The summed E-state index contributed by atoms with van der Waals surface area (Å²) < 4.78 is 5.63. The number of nitrogens with one attached hydrogen (secondary N) is 6. The van der Waals surface area contributed by atoms with Gasteiger partial charge in [-0.1, -0.05) is 106 Å². The lowest BCUT2D eigenvalue weighted by Crippen LogP contribution is -2.62. The van der Waals surface area contributed by atoms with E-state index in [2.05, 4.69) is 31.9 Å². The normalized spacial score (nSPS) is 23.1. The fourth-order valence-corrected chi connectivity index (χ4v) is 7.69. The molecule has 1 saturated heterocycles. The highest BCUT2D eigenvalue weighted by Crippen LogP contribution is 2.19. The van der Waals surface area contributed by atoms with Crippen molar-refractivity contribution in [2.45, 2.75) is 115 Å². The monoisotopic (exact) mass is 1040 g/mol. The molecule has 0 aliphatic carbocycles. The molecule has 4 rings (SSSR count). The molecule has 402 valence electrons. The first-order chi connectivity index (χ1) is 35.6. The Bertz CT molecular complexity index is 2600. The number of esters is 1. The van der Waals surface area contributed by atoms with Gasteiger partial charge in [-0.25, -0.2) is 4.79 Å². The molecule has 8 atom stereocenters. The number of likely N-dealkylation sites (N-methyl/N-ethyl adjacent to an activating group) is 1. The number of cyclic esters (lactones) is 1. The predicted octanol–water partition coefficient (Wildman–Crippen LogP) is 1.11. The molecule has 0 spiro atoms. The van der Waals surface area contributed by atoms with Crippen LogP contribution in [0.15, 0.2) is 96.7 Å². The second kappa shape index (κ2) is 28.9. The maximum absolute atomic E-state index is 14.9. The van der Waals surface area contributed by atoms with Crippen molar-refractivity contribution in [3.05, 3.63) is 119 Å². The standard InChI is InChI=1S/C54H68N8O13/c1-7-8-10-17-36-18-13-14-19-37(36)22-25-45(67)60-47-33(5)75-54(74)42(30-63)59-49(69)41(29-44(55)66)58-52(72)46(32(4)64)61-50(70)40(27-34-15-11-9-12-16-34)56-48(68)39(26-31(2)3)57-51(71)43(62(6)53(47)73)28-35-20-23-38(65)24-21-35/h9-25,28,31-33,39-42,46-47,63-65H,7-8,26-27,29-30H2,1-6H3,(H2,55,66)(H,56,68)(H,57,71)(H,58,72)(H,59,69)(H,60,67)(H,61,70)/b17-10+,25-22+,43-28-/t32-,33-,39-,40-,41-,42+,46-,47+/m1/s1. The Hall–Kier alpha value is -8.17. The molecule has 1 fully saturated rings. The SMILES string of the molecule is CCC/C=C/c1ccccc1/C=C/C(=O)N[C@@H]1C(=O)N(C)/C(=C\c2ccc(O)cc2)C(=O)N[C@H](CC(C)C)C(=O)N[C@H](Cc2ccccc2)C(=O)N[C@H]([C@@H](C)O)C(=O)N[C@H](CC(N)=O)C(=O)N[C@@H](CO)C(=O)O[C@@H]1C. The van der Waals surface area contributed by atoms with Gasteiger partial charge in [0.25, 0.3) is 11.8 Å². The molecule has 3 aromatic carbocycles. The number of carbonyl (C=O) groups is 9. The molecule has 21 nitrogen and oxygen atoms in total. The highest BCUT2D eigenvalue weighted by molar-refractivity contribution is 6.05. The molecular formula is C54H68N8O13. The number of aromatic hydroxyl groups is 1. The molecule has 1 aliphatic heterocycles. The van der Waals surface area contributed by atoms with Gasteiger partial charge < -0.3 is 62.6 Å². The summed E-state index contributed by atoms with van der Waals surface area (Å²) in [5, 5.41) is 46.0. The number of ether oxygens (including phenoxy) is 1. The summed E-state index contributed by atoms with van der Waals surface area (Å²) in [7, 11) is 1.19. The van der Waals surface area contributed by atoms with Crippen LogP contribution in [-0.4, -0.2) is 136 Å². The minimum absolute atomic E-state index is 0.0228. The predicted molar refractivity (Wildman–Crippen MR) is 278 cm³/mol. The third-order valence-corrected chi connectivity index (χ3v) is 11.7. The third-order valence-electron chi connectivity index (χ3n) is 11.7. The van der Waals surface area contributed by atoms with E-state index in [4.69, 9.17) is 10.5 Å². The van der Waals surface area contributed by atoms with E-state index in [1.807, 2.05) is 31.2 Å². The van der Waals surface area contributed by atoms with E-state index in [9.17, 15) is 58.5 Å². The summed E-state index contributed by atoms with van der Waals surface area (Å²) in [5.41, 5.74) is 7.28. The van der Waals surface area contributed by atoms with Gasteiger partial charge in [-0.05, 0) is 79.1 Å². The van der Waals surface area contributed by atoms with Crippen LogP contribution in [0, 0.1) is 5.92 Å². The number of amides is 8. The van der Waals surface area contributed by atoms with E-state index in [1.54, 1.807) is 56.3 Å². The first-order valence-electron chi connectivity index (χ1n) is 24.5. The number of phenolic OH excluding ortho intramolecular Hbond substituents is 1. The van der Waals surface area contributed by atoms with Crippen molar-refractivity contribution in [3.8, 4) is 5.75 Å². The largest absolute Gasteiger partial charge is 0.508 e. The Kier molecular flexibility index (Phi) is 22.9. The van der Waals surface area contributed by atoms with Crippen LogP contribution in [0.2, 0.25) is 0 Å². The molecule has 1 heterocycles. The van der Waals surface area contributed by atoms with Crippen LogP contribution in [0.4, 0.5) is 0 Å². The smallest absolute Gasteiger partial charge is 0.331 e. The van der Waals surface area contributed by atoms with Gasteiger partial charge in [0, 0.05) is 19.5 Å². The molecule has 0 unspecified atom stereocenters. The van der Waals surface area contributed by atoms with Gasteiger partial charge in [0.05, 0.1) is 19.1 Å². The van der Waals surface area contributed by atoms with E-state index in [1.165, 1.54) is 50.4 Å². The van der Waals surface area contributed by atoms with E-state index >= 15 is 0 Å². The Morgan fingerprint density at radius 2 is 1.36 bits per heavy atom. The number of aliphatic hydroxyl groups is 2. The summed E-state index contributed by atoms with van der Waals surface area (Å²) in [4.78, 5) is 127. The number of hydrogen-bond donors (Lipinski definition) is 10. The average molecular weight is 1040 g/mol. The maximum atomic E-state index is 14.9. The van der Waals surface area contributed by atoms with Crippen LogP contribution < -0.4 is 37.6 Å². The van der Waals surface area contributed by atoms with Crippen molar-refractivity contribution in [2.24, 2.45) is 11.7 Å². The van der Waals surface area contributed by atoms with Gasteiger partial charge in [0.1, 0.15) is 47.8 Å². The Morgan fingerprint density at radius 1 is 0.773 bits per heavy atom. The van der Waals surface area contributed by atoms with Gasteiger partial charge in [0.15, 0.2) is 6.04 Å². The van der Waals surface area contributed by atoms with Crippen LogP contribution in [0.5, 0.6) is 5.75 Å². The van der Waals surface area contributed by atoms with Gasteiger partial charge in [0.2, 0.25) is 35.4 Å². The number of aliphatic hydroxyl groups excluding tert-OH is 2. The zero-order valence-corrected chi connectivity index (χ0v) is 42.8. The van der Waals surface area contributed by atoms with E-state index < -0.39 is 120 Å². The Balaban J connectivity index is 1.91. The first-order valence-corrected chi connectivity index (χ1v) is 24.5. The number of carbonyl (C=O) groups excluding carboxylic acids is 9. The quantitative estimate of drug-likeness (QED) is 0.0755. The lowest BCUT2D eigenvalue weighted by molar-refractivity contribution is -0.157. The minimum atomic E-state index is -1.94. The summed E-state index contributed by atoms with van der Waals surface area (Å²) >= 11 is 0. The summed E-state index contributed by atoms with van der Waals surface area (Å²) in [6.07, 6.45) is 5.12. The highest BCUT2D eigenvalue weighted by atomic mass is 16.5. The van der Waals surface area contributed by atoms with Crippen molar-refractivity contribution in [3.63, 3.8) is 0 Å².